The fraction of sp³-hybridized carbons (Fsp3) is 0.250. The number of fused-ring (bicyclic) bond motifs is 1. The molecule has 1 unspecified atom stereocenters. The number of hydrogen-bond acceptors (Lipinski definition) is 7. The Balaban J connectivity index is 1.80. The molecule has 0 N–H and O–H groups in total. The lowest BCUT2D eigenvalue weighted by atomic mass is 10.0. The van der Waals surface area contributed by atoms with Crippen LogP contribution in [-0.2, 0) is 0 Å². The molecule has 40 heavy (non-hydrogen) atoms. The van der Waals surface area contributed by atoms with Gasteiger partial charge in [0, 0.05) is 26.3 Å². The molecule has 0 aliphatic carbocycles. The molecule has 0 radical (unpaired) electrons. The van der Waals surface area contributed by atoms with Crippen molar-refractivity contribution in [2.24, 2.45) is 0 Å². The zero-order valence-corrected chi connectivity index (χ0v) is 23.0. The molecule has 9 nitrogen and oxygen atoms in total. The largest absolute Gasteiger partial charge is 0.480 e. The van der Waals surface area contributed by atoms with Gasteiger partial charge >= 0.3 is 0 Å². The van der Waals surface area contributed by atoms with E-state index in [2.05, 4.69) is 9.97 Å². The van der Waals surface area contributed by atoms with Gasteiger partial charge in [-0.3, -0.25) is 9.69 Å². The van der Waals surface area contributed by atoms with Crippen molar-refractivity contribution in [3.05, 3.63) is 81.8 Å². The Morgan fingerprint density at radius 2 is 1.93 bits per heavy atom. The second-order valence-corrected chi connectivity index (χ2v) is 10.0. The van der Waals surface area contributed by atoms with Crippen LogP contribution in [0, 0.1) is 23.0 Å². The second kappa shape index (κ2) is 10.2. The normalized spacial score (nSPS) is 14.4. The van der Waals surface area contributed by atoms with Gasteiger partial charge in [0.15, 0.2) is 11.5 Å². The molecule has 5 rings (SSSR count). The van der Waals surface area contributed by atoms with E-state index < -0.39 is 23.6 Å². The molecule has 1 aliphatic rings. The minimum absolute atomic E-state index is 0.0524. The van der Waals surface area contributed by atoms with Gasteiger partial charge in [0.05, 0.1) is 34.6 Å². The molecule has 0 spiro atoms. The highest BCUT2D eigenvalue weighted by Crippen LogP contribution is 2.46. The predicted molar refractivity (Wildman–Crippen MR) is 146 cm³/mol. The van der Waals surface area contributed by atoms with Gasteiger partial charge < -0.3 is 14.2 Å². The highest BCUT2D eigenvalue weighted by atomic mass is 35.5. The summed E-state index contributed by atoms with van der Waals surface area (Å²) in [5.74, 6) is -1.14. The summed E-state index contributed by atoms with van der Waals surface area (Å²) in [4.78, 5) is 30.5. The van der Waals surface area contributed by atoms with Gasteiger partial charge in [-0.05, 0) is 43.7 Å². The lowest BCUT2D eigenvalue weighted by Gasteiger charge is -2.29. The van der Waals surface area contributed by atoms with E-state index in [1.807, 2.05) is 18.4 Å². The van der Waals surface area contributed by atoms with Crippen molar-refractivity contribution in [2.45, 2.75) is 25.9 Å². The van der Waals surface area contributed by atoms with E-state index in [1.165, 1.54) is 48.4 Å². The molecule has 0 saturated heterocycles. The van der Waals surface area contributed by atoms with Crippen molar-refractivity contribution in [3.63, 3.8) is 0 Å². The summed E-state index contributed by atoms with van der Waals surface area (Å²) in [5.41, 5.74) is 0.985. The molecule has 204 valence electrons. The summed E-state index contributed by atoms with van der Waals surface area (Å²) in [6, 6.07) is 8.92. The van der Waals surface area contributed by atoms with Crippen molar-refractivity contribution in [3.8, 4) is 23.3 Å². The summed E-state index contributed by atoms with van der Waals surface area (Å²) >= 11 is 6.08. The first-order valence-electron chi connectivity index (χ1n) is 12.3. The number of rotatable bonds is 6. The van der Waals surface area contributed by atoms with Crippen LogP contribution in [-0.4, -0.2) is 46.6 Å². The number of ether oxygens (including phenoxy) is 1. The highest BCUT2D eigenvalue weighted by Gasteiger charge is 2.46. The SMILES string of the molecule is COc1nc(N(C)C)ncc1-c1nc2c(n1C(C)C)C(c1ccc(C#N)c(F)c1)N(c1cccc(Cl)c1F)C2=O. The molecule has 4 aromatic rings. The first-order valence-corrected chi connectivity index (χ1v) is 12.6. The first kappa shape index (κ1) is 27.0. The molecule has 0 saturated carbocycles. The third-order valence-corrected chi connectivity index (χ3v) is 6.89. The average molecular weight is 564 g/mol. The number of aromatic nitrogens is 4. The van der Waals surface area contributed by atoms with Crippen LogP contribution in [0.1, 0.15) is 53.2 Å². The summed E-state index contributed by atoms with van der Waals surface area (Å²) in [6.07, 6.45) is 1.56. The lowest BCUT2D eigenvalue weighted by Crippen LogP contribution is -2.31. The zero-order valence-electron chi connectivity index (χ0n) is 22.3. The van der Waals surface area contributed by atoms with E-state index in [4.69, 9.17) is 21.3 Å². The monoisotopic (exact) mass is 563 g/mol. The number of carbonyl (C=O) groups excluding carboxylic acids is 1. The van der Waals surface area contributed by atoms with Crippen LogP contribution in [0.2, 0.25) is 5.02 Å². The number of amides is 1. The Bertz CT molecular complexity index is 1700. The second-order valence-electron chi connectivity index (χ2n) is 9.62. The number of benzene rings is 2. The molecular formula is C28H24ClF2N7O2. The van der Waals surface area contributed by atoms with E-state index in [9.17, 15) is 14.4 Å². The van der Waals surface area contributed by atoms with Crippen LogP contribution in [0.5, 0.6) is 5.88 Å². The van der Waals surface area contributed by atoms with E-state index >= 15 is 4.39 Å². The van der Waals surface area contributed by atoms with Gasteiger partial charge in [0.2, 0.25) is 11.8 Å². The lowest BCUT2D eigenvalue weighted by molar-refractivity contribution is 0.0988. The van der Waals surface area contributed by atoms with Crippen LogP contribution >= 0.6 is 11.6 Å². The van der Waals surface area contributed by atoms with Crippen molar-refractivity contribution in [1.29, 1.82) is 5.26 Å². The molecule has 0 fully saturated rings. The van der Waals surface area contributed by atoms with E-state index in [0.717, 1.165) is 0 Å². The van der Waals surface area contributed by atoms with E-state index in [-0.39, 0.29) is 33.9 Å². The average Bonchev–Trinajstić information content (AvgIpc) is 3.44. The molecule has 12 heteroatoms. The fourth-order valence-corrected chi connectivity index (χ4v) is 5.01. The van der Waals surface area contributed by atoms with Gasteiger partial charge in [-0.25, -0.2) is 18.7 Å². The molecule has 1 aliphatic heterocycles. The predicted octanol–water partition coefficient (Wildman–Crippen LogP) is 5.55. The molecule has 0 bridgehead atoms. The van der Waals surface area contributed by atoms with Gasteiger partial charge in [0.1, 0.15) is 23.8 Å². The maximum Gasteiger partial charge on any atom is 0.279 e. The molecular weight excluding hydrogens is 540 g/mol. The van der Waals surface area contributed by atoms with Gasteiger partial charge in [-0.2, -0.15) is 10.2 Å². The molecule has 2 aromatic carbocycles. The summed E-state index contributed by atoms with van der Waals surface area (Å²) in [5, 5.41) is 9.09. The number of methoxy groups -OCH3 is 1. The highest BCUT2D eigenvalue weighted by molar-refractivity contribution is 6.31. The summed E-state index contributed by atoms with van der Waals surface area (Å²) in [6.45, 7) is 3.80. The molecule has 1 atom stereocenters. The molecule has 1 amide bonds. The maximum absolute atomic E-state index is 15.3. The third-order valence-electron chi connectivity index (χ3n) is 6.60. The smallest absolute Gasteiger partial charge is 0.279 e. The zero-order chi connectivity index (χ0) is 28.9. The Kier molecular flexibility index (Phi) is 6.89. The van der Waals surface area contributed by atoms with Gasteiger partial charge in [0.25, 0.3) is 5.91 Å². The van der Waals surface area contributed by atoms with E-state index in [1.54, 1.807) is 31.3 Å². The number of nitrogens with zero attached hydrogens (tertiary/aromatic N) is 7. The number of imidazole rings is 1. The van der Waals surface area contributed by atoms with Crippen LogP contribution < -0.4 is 14.5 Å². The van der Waals surface area contributed by atoms with Crippen molar-refractivity contribution < 1.29 is 18.3 Å². The standard InChI is InChI=1S/C28H24ClF2N7O2/c1-14(2)37-24-22(34-25(37)17-13-33-28(36(3)4)35-26(17)40-5)27(39)38(20-8-6-7-18(29)21(20)31)23(24)15-9-10-16(12-32)19(30)11-15/h6-11,13-14,23H,1-5H3. The topological polar surface area (TPSA) is 100 Å². The Morgan fingerprint density at radius 3 is 2.55 bits per heavy atom. The summed E-state index contributed by atoms with van der Waals surface area (Å²) in [7, 11) is 5.06. The Hall–Kier alpha value is -4.56. The molecule has 3 heterocycles. The quantitative estimate of drug-likeness (QED) is 0.303. The number of hydrogen-bond donors (Lipinski definition) is 0. The third kappa shape index (κ3) is 4.21. The fourth-order valence-electron chi connectivity index (χ4n) is 4.84. The van der Waals surface area contributed by atoms with Crippen LogP contribution in [0.4, 0.5) is 20.4 Å². The Morgan fingerprint density at radius 1 is 1.18 bits per heavy atom. The minimum Gasteiger partial charge on any atom is -0.480 e. The first-order chi connectivity index (χ1) is 19.1. The van der Waals surface area contributed by atoms with E-state index in [0.29, 0.717) is 28.6 Å². The minimum atomic E-state index is -0.991. The molecule has 2 aromatic heterocycles. The van der Waals surface area contributed by atoms with Crippen molar-refractivity contribution in [2.75, 3.05) is 31.0 Å². The van der Waals surface area contributed by atoms with Crippen molar-refractivity contribution >= 4 is 29.1 Å². The van der Waals surface area contributed by atoms with Crippen LogP contribution in [0.25, 0.3) is 11.4 Å². The van der Waals surface area contributed by atoms with Crippen LogP contribution in [0.15, 0.2) is 42.6 Å². The van der Waals surface area contributed by atoms with Crippen molar-refractivity contribution in [1.82, 2.24) is 19.5 Å². The van der Waals surface area contributed by atoms with Gasteiger partial charge in [-0.1, -0.05) is 23.7 Å². The summed E-state index contributed by atoms with van der Waals surface area (Å²) < 4.78 is 37.6. The Labute approximate surface area is 234 Å². The number of halogens is 3. The van der Waals surface area contributed by atoms with Gasteiger partial charge in [-0.15, -0.1) is 0 Å². The number of nitriles is 1. The number of anilines is 2. The van der Waals surface area contributed by atoms with Crippen LogP contribution in [0.3, 0.4) is 0 Å². The number of carbonyl (C=O) groups is 1. The maximum atomic E-state index is 15.3.